The second-order valence-electron chi connectivity index (χ2n) is 10.6. The topological polar surface area (TPSA) is 69.5 Å². The number of nitrogens with zero attached hydrogens (tertiary/aromatic N) is 4. The van der Waals surface area contributed by atoms with E-state index in [0.717, 1.165) is 68.2 Å². The van der Waals surface area contributed by atoms with E-state index in [4.69, 9.17) is 9.47 Å². The van der Waals surface area contributed by atoms with Gasteiger partial charge in [0.1, 0.15) is 12.4 Å². The van der Waals surface area contributed by atoms with Crippen LogP contribution in [0.15, 0.2) is 60.2 Å². The van der Waals surface area contributed by atoms with E-state index in [-0.39, 0.29) is 30.5 Å². The number of rotatable bonds is 9. The highest BCUT2D eigenvalue weighted by Gasteiger charge is 2.21. The fraction of sp³-hybridized carbons (Fsp3) is 0.406. The van der Waals surface area contributed by atoms with Crippen molar-refractivity contribution in [2.24, 2.45) is 5.92 Å². The number of ether oxygens (including phenoxy) is 2. The molecule has 10 heteroatoms. The molecular formula is C32H34F2N4O3S. The Morgan fingerprint density at radius 1 is 1.17 bits per heavy atom. The Morgan fingerprint density at radius 3 is 2.79 bits per heavy atom. The summed E-state index contributed by atoms with van der Waals surface area (Å²) >= 11 is 1.66. The number of pyridine rings is 1. The summed E-state index contributed by atoms with van der Waals surface area (Å²) in [4.78, 5) is 23.2. The number of allylic oxidation sites excluding steroid dienone is 1. The number of imidazole rings is 1. The number of carbonyl (C=O) groups excluding carboxylic acids is 1. The molecule has 0 N–H and O–H groups in total. The molecule has 1 aromatic carbocycles. The molecular weight excluding hydrogens is 558 g/mol. The number of halogens is 2. The van der Waals surface area contributed by atoms with Crippen molar-refractivity contribution in [2.45, 2.75) is 55.5 Å². The number of piperidine rings is 1. The third kappa shape index (κ3) is 7.99. The molecule has 1 unspecified atom stereocenters. The standard InChI is InChI=1S/C32H34F2N4O3S/c1-37-14-11-23(12-15-37)17-31(39)40-16-6-7-24-18-29(34)30(19-28(24)33)41-22-26-21-36-32(42-27-9-3-2-4-10-27)38(26)25-8-5-13-35-20-25/h3,5,8-9,13,18-21,23,27H,2,4,10-12,14-17,22H2,1H3. The van der Waals surface area contributed by atoms with Crippen LogP contribution in [-0.2, 0) is 16.1 Å². The lowest BCUT2D eigenvalue weighted by molar-refractivity contribution is -0.143. The Morgan fingerprint density at radius 2 is 2.02 bits per heavy atom. The number of carbonyl (C=O) groups is 1. The van der Waals surface area contributed by atoms with Gasteiger partial charge in [-0.05, 0) is 76.4 Å². The van der Waals surface area contributed by atoms with Crippen LogP contribution in [0.3, 0.4) is 0 Å². The van der Waals surface area contributed by atoms with Crippen LogP contribution in [-0.4, -0.2) is 57.4 Å². The van der Waals surface area contributed by atoms with Crippen molar-refractivity contribution in [1.29, 1.82) is 0 Å². The Kier molecular flexibility index (Phi) is 10.3. The van der Waals surface area contributed by atoms with Gasteiger partial charge in [-0.3, -0.25) is 14.3 Å². The van der Waals surface area contributed by atoms with E-state index < -0.39 is 11.6 Å². The van der Waals surface area contributed by atoms with Gasteiger partial charge in [0.25, 0.3) is 0 Å². The van der Waals surface area contributed by atoms with Gasteiger partial charge < -0.3 is 14.4 Å². The summed E-state index contributed by atoms with van der Waals surface area (Å²) in [5, 5.41) is 1.09. The van der Waals surface area contributed by atoms with Crippen molar-refractivity contribution in [3.05, 3.63) is 77.9 Å². The minimum atomic E-state index is -0.741. The van der Waals surface area contributed by atoms with Crippen molar-refractivity contribution in [3.8, 4) is 23.3 Å². The first-order chi connectivity index (χ1) is 20.5. The van der Waals surface area contributed by atoms with Crippen LogP contribution in [0.4, 0.5) is 8.78 Å². The first-order valence-corrected chi connectivity index (χ1v) is 15.1. The van der Waals surface area contributed by atoms with E-state index >= 15 is 0 Å². The summed E-state index contributed by atoms with van der Waals surface area (Å²) in [5.74, 6) is 3.46. The van der Waals surface area contributed by atoms with Crippen LogP contribution < -0.4 is 4.74 Å². The molecule has 1 aliphatic heterocycles. The summed E-state index contributed by atoms with van der Waals surface area (Å²) in [6, 6.07) is 5.73. The second kappa shape index (κ2) is 14.5. The van der Waals surface area contributed by atoms with Gasteiger partial charge in [0, 0.05) is 23.9 Å². The predicted octanol–water partition coefficient (Wildman–Crippen LogP) is 5.95. The Balaban J connectivity index is 1.21. The summed E-state index contributed by atoms with van der Waals surface area (Å²) in [5.41, 5.74) is 1.35. The Labute approximate surface area is 249 Å². The first-order valence-electron chi connectivity index (χ1n) is 14.2. The molecule has 0 bridgehead atoms. The predicted molar refractivity (Wildman–Crippen MR) is 157 cm³/mol. The Hall–Kier alpha value is -3.68. The number of benzene rings is 1. The summed E-state index contributed by atoms with van der Waals surface area (Å²) in [6.07, 6.45) is 15.0. The van der Waals surface area contributed by atoms with Crippen molar-refractivity contribution in [1.82, 2.24) is 19.4 Å². The fourth-order valence-electron chi connectivity index (χ4n) is 5.03. The van der Waals surface area contributed by atoms with Gasteiger partial charge in [0.2, 0.25) is 0 Å². The van der Waals surface area contributed by atoms with E-state index in [1.807, 2.05) is 16.7 Å². The number of likely N-dealkylation sites (tertiary alicyclic amines) is 1. The maximum absolute atomic E-state index is 14.9. The summed E-state index contributed by atoms with van der Waals surface area (Å²) in [6.45, 7) is 1.72. The molecule has 3 heterocycles. The molecule has 0 radical (unpaired) electrons. The average Bonchev–Trinajstić information content (AvgIpc) is 3.40. The van der Waals surface area contributed by atoms with Crippen molar-refractivity contribution in [3.63, 3.8) is 0 Å². The first kappa shape index (κ1) is 29.8. The molecule has 2 aromatic heterocycles. The Bertz CT molecular complexity index is 1460. The molecule has 5 rings (SSSR count). The van der Waals surface area contributed by atoms with E-state index in [2.05, 4.69) is 45.9 Å². The molecule has 0 amide bonds. The number of esters is 1. The largest absolute Gasteiger partial charge is 0.484 e. The molecule has 1 aliphatic carbocycles. The summed E-state index contributed by atoms with van der Waals surface area (Å²) in [7, 11) is 2.07. The van der Waals surface area contributed by atoms with Gasteiger partial charge in [-0.2, -0.15) is 0 Å². The highest BCUT2D eigenvalue weighted by Crippen LogP contribution is 2.32. The molecule has 7 nitrogen and oxygen atoms in total. The smallest absolute Gasteiger partial charge is 0.307 e. The lowest BCUT2D eigenvalue weighted by Crippen LogP contribution is -2.31. The van der Waals surface area contributed by atoms with E-state index in [0.29, 0.717) is 23.3 Å². The third-order valence-electron chi connectivity index (χ3n) is 7.39. The molecule has 2 aliphatic rings. The highest BCUT2D eigenvalue weighted by atomic mass is 32.2. The van der Waals surface area contributed by atoms with Crippen molar-refractivity contribution in [2.75, 3.05) is 26.7 Å². The zero-order valence-electron chi connectivity index (χ0n) is 23.6. The molecule has 3 aromatic rings. The van der Waals surface area contributed by atoms with E-state index in [9.17, 15) is 13.6 Å². The molecule has 1 atom stereocenters. The van der Waals surface area contributed by atoms with Crippen molar-refractivity contribution < 1.29 is 23.0 Å². The normalized spacial score (nSPS) is 17.5. The zero-order chi connectivity index (χ0) is 29.3. The highest BCUT2D eigenvalue weighted by molar-refractivity contribution is 7.99. The van der Waals surface area contributed by atoms with Gasteiger partial charge in [-0.25, -0.2) is 13.8 Å². The van der Waals surface area contributed by atoms with Gasteiger partial charge in [0.15, 0.2) is 23.3 Å². The number of hydrogen-bond acceptors (Lipinski definition) is 7. The third-order valence-corrected chi connectivity index (χ3v) is 8.59. The molecule has 42 heavy (non-hydrogen) atoms. The minimum Gasteiger partial charge on any atom is -0.484 e. The zero-order valence-corrected chi connectivity index (χ0v) is 24.4. The monoisotopic (exact) mass is 592 g/mol. The van der Waals surface area contributed by atoms with Crippen LogP contribution in [0, 0.1) is 29.4 Å². The lowest BCUT2D eigenvalue weighted by atomic mass is 9.94. The molecule has 220 valence electrons. The van der Waals surface area contributed by atoms with Crippen LogP contribution in [0.1, 0.15) is 49.8 Å². The molecule has 0 spiro atoms. The maximum atomic E-state index is 14.9. The summed E-state index contributed by atoms with van der Waals surface area (Å²) < 4.78 is 42.5. The lowest BCUT2D eigenvalue weighted by Gasteiger charge is -2.28. The second-order valence-corrected chi connectivity index (χ2v) is 11.8. The molecule has 1 saturated heterocycles. The number of hydrogen-bond donors (Lipinski definition) is 0. The van der Waals surface area contributed by atoms with Crippen LogP contribution >= 0.6 is 11.8 Å². The van der Waals surface area contributed by atoms with E-state index in [1.54, 1.807) is 30.4 Å². The number of aromatic nitrogens is 3. The minimum absolute atomic E-state index is 0.0302. The quantitative estimate of drug-likeness (QED) is 0.173. The molecule has 1 fully saturated rings. The van der Waals surface area contributed by atoms with Crippen molar-refractivity contribution >= 4 is 17.7 Å². The van der Waals surface area contributed by atoms with Crippen LogP contribution in [0.5, 0.6) is 5.75 Å². The van der Waals surface area contributed by atoms with Crippen LogP contribution in [0.2, 0.25) is 0 Å². The van der Waals surface area contributed by atoms with Gasteiger partial charge in [0.05, 0.1) is 29.3 Å². The van der Waals surface area contributed by atoms with Gasteiger partial charge in [-0.1, -0.05) is 35.8 Å². The van der Waals surface area contributed by atoms with Gasteiger partial charge >= 0.3 is 5.97 Å². The SMILES string of the molecule is CN1CCC(CC(=O)OCC#Cc2cc(F)c(OCc3cnc(SC4C=CCCC4)n3-c3cccnc3)cc2F)CC1. The molecule has 0 saturated carbocycles. The van der Waals surface area contributed by atoms with Gasteiger partial charge in [-0.15, -0.1) is 0 Å². The number of thioether (sulfide) groups is 1. The van der Waals surface area contributed by atoms with Crippen LogP contribution in [0.25, 0.3) is 5.69 Å². The fourth-order valence-corrected chi connectivity index (χ4v) is 6.21. The van der Waals surface area contributed by atoms with E-state index in [1.165, 1.54) is 0 Å². The average molecular weight is 593 g/mol. The maximum Gasteiger partial charge on any atom is 0.307 e.